The fraction of sp³-hybridized carbons (Fsp3) is 0.250. The highest BCUT2D eigenvalue weighted by atomic mass is 32.2. The molecule has 1 amide bonds. The number of aromatic carboxylic acids is 1. The van der Waals surface area contributed by atoms with E-state index in [1.807, 2.05) is 6.92 Å². The first-order valence-corrected chi connectivity index (χ1v) is 9.92. The molecule has 7 nitrogen and oxygen atoms in total. The van der Waals surface area contributed by atoms with Gasteiger partial charge in [-0.2, -0.15) is 0 Å². The number of anilines is 1. The Morgan fingerprint density at radius 3 is 2.56 bits per heavy atom. The molecule has 1 aromatic heterocycles. The van der Waals surface area contributed by atoms with Crippen LogP contribution >= 0.6 is 11.3 Å². The molecule has 0 spiro atoms. The van der Waals surface area contributed by atoms with Gasteiger partial charge in [0.15, 0.2) is 0 Å². The highest BCUT2D eigenvalue weighted by Crippen LogP contribution is 2.33. The lowest BCUT2D eigenvalue weighted by Gasteiger charge is -2.07. The molecule has 9 heteroatoms. The highest BCUT2D eigenvalue weighted by Gasteiger charge is 2.22. The number of benzene rings is 1. The summed E-state index contributed by atoms with van der Waals surface area (Å²) in [6.07, 6.45) is 0.545. The second-order valence-electron chi connectivity index (χ2n) is 5.46. The number of carboxylic acids is 1. The van der Waals surface area contributed by atoms with Gasteiger partial charge in [0.05, 0.1) is 11.3 Å². The Hall–Kier alpha value is -2.23. The van der Waals surface area contributed by atoms with Crippen molar-refractivity contribution in [2.24, 2.45) is 5.14 Å². The molecule has 0 saturated heterocycles. The molecule has 0 aliphatic heterocycles. The Morgan fingerprint density at radius 2 is 2.00 bits per heavy atom. The molecule has 1 heterocycles. The maximum absolute atomic E-state index is 12.4. The Labute approximate surface area is 149 Å². The van der Waals surface area contributed by atoms with E-state index in [4.69, 9.17) is 5.14 Å². The molecule has 2 rings (SSSR count). The van der Waals surface area contributed by atoms with Gasteiger partial charge in [0.1, 0.15) is 5.00 Å². The normalized spacial score (nSPS) is 11.3. The largest absolute Gasteiger partial charge is 0.478 e. The minimum atomic E-state index is -3.71. The van der Waals surface area contributed by atoms with Crippen LogP contribution in [-0.2, 0) is 22.2 Å². The van der Waals surface area contributed by atoms with E-state index in [9.17, 15) is 23.1 Å². The summed E-state index contributed by atoms with van der Waals surface area (Å²) in [6, 6.07) is 6.03. The third-order valence-electron chi connectivity index (χ3n) is 3.56. The third kappa shape index (κ3) is 4.65. The quantitative estimate of drug-likeness (QED) is 0.707. The zero-order valence-electron chi connectivity index (χ0n) is 13.7. The first kappa shape index (κ1) is 19.1. The minimum absolute atomic E-state index is 0.0963. The summed E-state index contributed by atoms with van der Waals surface area (Å²) in [6.45, 7) is 3.65. The van der Waals surface area contributed by atoms with Crippen molar-refractivity contribution in [2.75, 3.05) is 5.32 Å². The molecule has 0 saturated carbocycles. The summed E-state index contributed by atoms with van der Waals surface area (Å²) >= 11 is 1.20. The average molecular weight is 382 g/mol. The summed E-state index contributed by atoms with van der Waals surface area (Å²) < 4.78 is 22.4. The van der Waals surface area contributed by atoms with Gasteiger partial charge in [-0.25, -0.2) is 18.4 Å². The second-order valence-corrected chi connectivity index (χ2v) is 8.30. The third-order valence-corrected chi connectivity index (χ3v) is 5.36. The maximum atomic E-state index is 12.4. The molecule has 2 aromatic rings. The van der Waals surface area contributed by atoms with Crippen LogP contribution in [0.4, 0.5) is 5.00 Å². The monoisotopic (exact) mass is 382 g/mol. The molecule has 0 aliphatic carbocycles. The Morgan fingerprint density at radius 1 is 1.32 bits per heavy atom. The lowest BCUT2D eigenvalue weighted by molar-refractivity contribution is 0.0697. The molecule has 0 bridgehead atoms. The van der Waals surface area contributed by atoms with E-state index in [1.54, 1.807) is 19.1 Å². The van der Waals surface area contributed by atoms with Gasteiger partial charge >= 0.3 is 5.97 Å². The van der Waals surface area contributed by atoms with E-state index >= 15 is 0 Å². The average Bonchev–Trinajstić information content (AvgIpc) is 2.81. The number of primary sulfonamides is 1. The number of carbonyl (C=O) groups excluding carboxylic acids is 1. The van der Waals surface area contributed by atoms with E-state index < -0.39 is 21.9 Å². The predicted molar refractivity (Wildman–Crippen MR) is 96.6 cm³/mol. The zero-order chi connectivity index (χ0) is 18.8. The fourth-order valence-corrected chi connectivity index (χ4v) is 4.30. The molecular formula is C16H18N2O5S2. The topological polar surface area (TPSA) is 127 Å². The first-order valence-electron chi connectivity index (χ1n) is 7.38. The second kappa shape index (κ2) is 7.34. The van der Waals surface area contributed by atoms with Crippen LogP contribution in [0.1, 0.15) is 43.6 Å². The van der Waals surface area contributed by atoms with Gasteiger partial charge in [0, 0.05) is 10.4 Å². The number of amides is 1. The smallest absolute Gasteiger partial charge is 0.339 e. The Balaban J connectivity index is 2.32. The van der Waals surface area contributed by atoms with Crippen molar-refractivity contribution >= 4 is 38.2 Å². The SMILES string of the molecule is CCc1c(C)sc(NC(=O)c2cccc(CS(N)(=O)=O)c2)c1C(=O)O. The van der Waals surface area contributed by atoms with Crippen LogP contribution < -0.4 is 10.5 Å². The molecule has 4 N–H and O–H groups in total. The number of carboxylic acid groups (broad SMARTS) is 1. The highest BCUT2D eigenvalue weighted by molar-refractivity contribution is 7.88. The molecule has 0 radical (unpaired) electrons. The van der Waals surface area contributed by atoms with Gasteiger partial charge in [-0.15, -0.1) is 11.3 Å². The van der Waals surface area contributed by atoms with Crippen molar-refractivity contribution in [1.82, 2.24) is 0 Å². The van der Waals surface area contributed by atoms with Crippen molar-refractivity contribution in [2.45, 2.75) is 26.0 Å². The van der Waals surface area contributed by atoms with E-state index in [0.29, 0.717) is 17.5 Å². The summed E-state index contributed by atoms with van der Waals surface area (Å²) in [5, 5.41) is 17.3. The van der Waals surface area contributed by atoms with E-state index in [0.717, 1.165) is 4.88 Å². The molecule has 0 aliphatic rings. The number of nitrogens with one attached hydrogen (secondary N) is 1. The zero-order valence-corrected chi connectivity index (χ0v) is 15.3. The summed E-state index contributed by atoms with van der Waals surface area (Å²) in [4.78, 5) is 24.8. The molecule has 134 valence electrons. The van der Waals surface area contributed by atoms with Gasteiger partial charge < -0.3 is 10.4 Å². The van der Waals surface area contributed by atoms with Crippen LogP contribution in [-0.4, -0.2) is 25.4 Å². The number of hydrogen-bond acceptors (Lipinski definition) is 5. The van der Waals surface area contributed by atoms with Gasteiger partial charge in [0.2, 0.25) is 10.0 Å². The van der Waals surface area contributed by atoms with Crippen molar-refractivity contribution in [3.05, 3.63) is 51.4 Å². The van der Waals surface area contributed by atoms with Crippen molar-refractivity contribution in [3.8, 4) is 0 Å². The lowest BCUT2D eigenvalue weighted by Crippen LogP contribution is -2.16. The van der Waals surface area contributed by atoms with Gasteiger partial charge in [-0.1, -0.05) is 19.1 Å². The summed E-state index contributed by atoms with van der Waals surface area (Å²) in [5.74, 6) is -1.99. The number of rotatable bonds is 6. The van der Waals surface area contributed by atoms with E-state index in [-0.39, 0.29) is 21.9 Å². The summed E-state index contributed by atoms with van der Waals surface area (Å²) in [7, 11) is -3.71. The molecule has 0 atom stereocenters. The predicted octanol–water partition coefficient (Wildman–Crippen LogP) is 2.36. The lowest BCUT2D eigenvalue weighted by atomic mass is 10.1. The maximum Gasteiger partial charge on any atom is 0.339 e. The number of hydrogen-bond donors (Lipinski definition) is 3. The number of carbonyl (C=O) groups is 2. The standard InChI is InChI=1S/C16H18N2O5S2/c1-3-12-9(2)24-15(13(12)16(20)21)18-14(19)11-6-4-5-10(7-11)8-25(17,22)23/h4-7H,3,8H2,1-2H3,(H,18,19)(H,20,21)(H2,17,22,23). The fourth-order valence-electron chi connectivity index (χ4n) is 2.53. The Bertz CT molecular complexity index is 932. The number of thiophene rings is 1. The molecule has 1 aromatic carbocycles. The molecule has 0 fully saturated rings. The van der Waals surface area contributed by atoms with Crippen LogP contribution in [0.3, 0.4) is 0 Å². The van der Waals surface area contributed by atoms with Gasteiger partial charge in [-0.05, 0) is 36.6 Å². The van der Waals surface area contributed by atoms with Gasteiger partial charge in [-0.3, -0.25) is 4.79 Å². The van der Waals surface area contributed by atoms with Crippen LogP contribution in [0.15, 0.2) is 24.3 Å². The van der Waals surface area contributed by atoms with Crippen molar-refractivity contribution in [1.29, 1.82) is 0 Å². The van der Waals surface area contributed by atoms with E-state index in [1.165, 1.54) is 23.5 Å². The minimum Gasteiger partial charge on any atom is -0.478 e. The molecular weight excluding hydrogens is 364 g/mol. The molecule has 0 unspecified atom stereocenters. The van der Waals surface area contributed by atoms with Crippen molar-refractivity contribution in [3.63, 3.8) is 0 Å². The Kier molecular flexibility index (Phi) is 5.61. The summed E-state index contributed by atoms with van der Waals surface area (Å²) in [5.41, 5.74) is 1.39. The first-order chi connectivity index (χ1) is 11.6. The molecule has 25 heavy (non-hydrogen) atoms. The number of sulfonamides is 1. The van der Waals surface area contributed by atoms with Crippen molar-refractivity contribution < 1.29 is 23.1 Å². The number of nitrogens with two attached hydrogens (primary N) is 1. The number of aryl methyl sites for hydroxylation is 1. The van der Waals surface area contributed by atoms with Gasteiger partial charge in [0.25, 0.3) is 5.91 Å². The van der Waals surface area contributed by atoms with Crippen LogP contribution in [0.2, 0.25) is 0 Å². The van der Waals surface area contributed by atoms with Crippen LogP contribution in [0, 0.1) is 6.92 Å². The van der Waals surface area contributed by atoms with Crippen LogP contribution in [0.5, 0.6) is 0 Å². The van der Waals surface area contributed by atoms with E-state index in [2.05, 4.69) is 5.32 Å². The van der Waals surface area contributed by atoms with Crippen LogP contribution in [0.25, 0.3) is 0 Å².